The minimum atomic E-state index is -0.386. The van der Waals surface area contributed by atoms with Crippen LogP contribution in [-0.4, -0.2) is 15.6 Å². The topological polar surface area (TPSA) is 82.5 Å². The molecule has 3 aromatic rings. The molecule has 1 heterocycles. The van der Waals surface area contributed by atoms with E-state index in [-0.39, 0.29) is 11.4 Å². The molecule has 6 heteroatoms. The first-order chi connectivity index (χ1) is 13.6. The van der Waals surface area contributed by atoms with Crippen LogP contribution in [0.15, 0.2) is 66.4 Å². The summed E-state index contributed by atoms with van der Waals surface area (Å²) in [6, 6.07) is 20.0. The second-order valence-electron chi connectivity index (χ2n) is 5.98. The molecule has 0 spiro atoms. The number of hydrogen-bond donors (Lipinski definition) is 0. The van der Waals surface area contributed by atoms with E-state index in [1.54, 1.807) is 35.1 Å². The molecule has 0 fully saturated rings. The molecule has 0 saturated carbocycles. The Kier molecular flexibility index (Phi) is 6.01. The molecule has 0 aliphatic rings. The molecule has 0 unspecified atom stereocenters. The summed E-state index contributed by atoms with van der Waals surface area (Å²) in [5, 5.41) is 23.4. The first-order valence-electron chi connectivity index (χ1n) is 8.54. The van der Waals surface area contributed by atoms with E-state index in [2.05, 4.69) is 11.2 Å². The number of aromatic nitrogens is 2. The maximum atomic E-state index is 12.7. The van der Waals surface area contributed by atoms with Gasteiger partial charge >= 0.3 is 0 Å². The third-order valence-corrected chi connectivity index (χ3v) is 4.31. The molecule has 2 aromatic carbocycles. The highest BCUT2D eigenvalue weighted by atomic mass is 35.5. The van der Waals surface area contributed by atoms with E-state index in [4.69, 9.17) is 16.9 Å². The Morgan fingerprint density at radius 3 is 2.46 bits per heavy atom. The van der Waals surface area contributed by atoms with Crippen LogP contribution in [0, 0.1) is 22.7 Å². The van der Waals surface area contributed by atoms with Crippen LogP contribution >= 0.6 is 11.6 Å². The van der Waals surface area contributed by atoms with Crippen molar-refractivity contribution in [2.45, 2.75) is 13.0 Å². The van der Waals surface area contributed by atoms with Gasteiger partial charge < -0.3 is 0 Å². The second-order valence-corrected chi connectivity index (χ2v) is 6.41. The zero-order valence-electron chi connectivity index (χ0n) is 14.8. The zero-order valence-corrected chi connectivity index (χ0v) is 15.6. The molecule has 0 atom stereocenters. The number of nitrogens with zero attached hydrogens (tertiary/aromatic N) is 4. The van der Waals surface area contributed by atoms with Crippen molar-refractivity contribution in [3.05, 3.63) is 82.5 Å². The summed E-state index contributed by atoms with van der Waals surface area (Å²) < 4.78 is 1.65. The fourth-order valence-electron chi connectivity index (χ4n) is 2.70. The SMILES string of the molecule is N#CCCn1cc(/C=C(\C#N)C(=O)c2ccc(Cl)cc2)c(-c2ccccc2)n1. The lowest BCUT2D eigenvalue weighted by molar-refractivity contribution is 0.104. The van der Waals surface area contributed by atoms with Crippen LogP contribution in [0.5, 0.6) is 0 Å². The summed E-state index contributed by atoms with van der Waals surface area (Å²) in [7, 11) is 0. The van der Waals surface area contributed by atoms with Gasteiger partial charge in [0.1, 0.15) is 11.6 Å². The number of ketones is 1. The predicted molar refractivity (Wildman–Crippen MR) is 107 cm³/mol. The van der Waals surface area contributed by atoms with Crippen LogP contribution in [0.2, 0.25) is 5.02 Å². The zero-order chi connectivity index (χ0) is 19.9. The Bertz CT molecular complexity index is 1100. The highest BCUT2D eigenvalue weighted by Crippen LogP contribution is 2.25. The van der Waals surface area contributed by atoms with Crippen molar-refractivity contribution in [1.82, 2.24) is 9.78 Å². The molecule has 3 rings (SSSR count). The average Bonchev–Trinajstić information content (AvgIpc) is 3.14. The van der Waals surface area contributed by atoms with Gasteiger partial charge in [-0.15, -0.1) is 0 Å². The van der Waals surface area contributed by atoms with Gasteiger partial charge in [0.15, 0.2) is 0 Å². The maximum Gasteiger partial charge on any atom is 0.203 e. The molecule has 1 aromatic heterocycles. The van der Waals surface area contributed by atoms with Gasteiger partial charge in [0.2, 0.25) is 5.78 Å². The number of benzene rings is 2. The average molecular weight is 387 g/mol. The Hall–Kier alpha value is -3.67. The molecule has 0 N–H and O–H groups in total. The normalized spacial score (nSPS) is 10.9. The molecule has 0 bridgehead atoms. The number of nitriles is 2. The number of Topliss-reactive ketones (excluding diaryl/α,β-unsaturated/α-hetero) is 1. The first-order valence-corrected chi connectivity index (χ1v) is 8.92. The van der Waals surface area contributed by atoms with Crippen molar-refractivity contribution in [2.24, 2.45) is 0 Å². The quantitative estimate of drug-likeness (QED) is 0.342. The van der Waals surface area contributed by atoms with Gasteiger partial charge in [0.25, 0.3) is 0 Å². The van der Waals surface area contributed by atoms with Gasteiger partial charge in [-0.2, -0.15) is 15.6 Å². The van der Waals surface area contributed by atoms with E-state index in [1.165, 1.54) is 6.08 Å². The van der Waals surface area contributed by atoms with Gasteiger partial charge in [0.05, 0.1) is 24.7 Å². The summed E-state index contributed by atoms with van der Waals surface area (Å²) in [6.07, 6.45) is 3.59. The lowest BCUT2D eigenvalue weighted by Crippen LogP contribution is -2.01. The van der Waals surface area contributed by atoms with E-state index in [0.29, 0.717) is 34.8 Å². The fraction of sp³-hybridized carbons (Fsp3) is 0.0909. The molecule has 0 amide bonds. The Morgan fingerprint density at radius 1 is 1.11 bits per heavy atom. The number of halogens is 1. The monoisotopic (exact) mass is 386 g/mol. The van der Waals surface area contributed by atoms with Crippen molar-refractivity contribution >= 4 is 23.5 Å². The third-order valence-electron chi connectivity index (χ3n) is 4.06. The van der Waals surface area contributed by atoms with E-state index in [0.717, 1.165) is 5.56 Å². The molecule has 136 valence electrons. The molecular formula is C22H15ClN4O. The molecular weight excluding hydrogens is 372 g/mol. The van der Waals surface area contributed by atoms with E-state index in [9.17, 15) is 10.1 Å². The van der Waals surface area contributed by atoms with Gasteiger partial charge in [-0.25, -0.2) is 0 Å². The van der Waals surface area contributed by atoms with Gasteiger partial charge in [-0.3, -0.25) is 9.48 Å². The van der Waals surface area contributed by atoms with Gasteiger partial charge in [-0.1, -0.05) is 41.9 Å². The van der Waals surface area contributed by atoms with Crippen molar-refractivity contribution in [1.29, 1.82) is 10.5 Å². The van der Waals surface area contributed by atoms with Crippen LogP contribution in [0.1, 0.15) is 22.3 Å². The number of rotatable bonds is 6. The summed E-state index contributed by atoms with van der Waals surface area (Å²) in [4.78, 5) is 12.7. The number of carbonyl (C=O) groups excluding carboxylic acids is 1. The number of allylic oxidation sites excluding steroid dienone is 1. The minimum absolute atomic E-state index is 0.000614. The first kappa shape index (κ1) is 19.1. The van der Waals surface area contributed by atoms with Crippen LogP contribution in [-0.2, 0) is 6.54 Å². The fourth-order valence-corrected chi connectivity index (χ4v) is 2.83. The van der Waals surface area contributed by atoms with Crippen molar-refractivity contribution in [3.8, 4) is 23.4 Å². The minimum Gasteiger partial charge on any atom is -0.288 e. The molecule has 5 nitrogen and oxygen atoms in total. The largest absolute Gasteiger partial charge is 0.288 e. The van der Waals surface area contributed by atoms with E-state index >= 15 is 0 Å². The van der Waals surface area contributed by atoms with Crippen LogP contribution in [0.25, 0.3) is 17.3 Å². The van der Waals surface area contributed by atoms with Crippen molar-refractivity contribution in [2.75, 3.05) is 0 Å². The van der Waals surface area contributed by atoms with Gasteiger partial charge in [-0.05, 0) is 30.3 Å². The molecule has 28 heavy (non-hydrogen) atoms. The van der Waals surface area contributed by atoms with Gasteiger partial charge in [0, 0.05) is 27.9 Å². The lowest BCUT2D eigenvalue weighted by Gasteiger charge is -2.01. The number of hydrogen-bond acceptors (Lipinski definition) is 4. The third kappa shape index (κ3) is 4.35. The summed E-state index contributed by atoms with van der Waals surface area (Å²) >= 11 is 5.87. The summed E-state index contributed by atoms with van der Waals surface area (Å²) in [6.45, 7) is 0.428. The van der Waals surface area contributed by atoms with E-state index in [1.807, 2.05) is 36.4 Å². The lowest BCUT2D eigenvalue weighted by atomic mass is 10.0. The van der Waals surface area contributed by atoms with Crippen molar-refractivity contribution in [3.63, 3.8) is 0 Å². The maximum absolute atomic E-state index is 12.7. The molecule has 0 saturated heterocycles. The number of carbonyl (C=O) groups is 1. The predicted octanol–water partition coefficient (Wildman–Crippen LogP) is 4.91. The summed E-state index contributed by atoms with van der Waals surface area (Å²) in [5.41, 5.74) is 2.54. The Balaban J connectivity index is 2.03. The second kappa shape index (κ2) is 8.81. The van der Waals surface area contributed by atoms with Crippen LogP contribution < -0.4 is 0 Å². The standard InChI is InChI=1S/C22H15ClN4O/c23-20-9-7-17(8-10-20)22(28)18(14-25)13-19-15-27(12-4-11-24)26-21(19)16-5-2-1-3-6-16/h1-3,5-10,13,15H,4,12H2/b18-13+. The highest BCUT2D eigenvalue weighted by Gasteiger charge is 2.16. The molecule has 0 aliphatic heterocycles. The molecule has 0 aliphatic carbocycles. The number of aryl methyl sites for hydroxylation is 1. The molecule has 0 radical (unpaired) electrons. The highest BCUT2D eigenvalue weighted by molar-refractivity contribution is 6.30. The summed E-state index contributed by atoms with van der Waals surface area (Å²) in [5.74, 6) is -0.386. The Morgan fingerprint density at radius 2 is 1.82 bits per heavy atom. The van der Waals surface area contributed by atoms with Crippen molar-refractivity contribution < 1.29 is 4.79 Å². The smallest absolute Gasteiger partial charge is 0.203 e. The van der Waals surface area contributed by atoms with E-state index < -0.39 is 0 Å². The Labute approximate surface area is 167 Å². The van der Waals surface area contributed by atoms with Crippen LogP contribution in [0.3, 0.4) is 0 Å². The van der Waals surface area contributed by atoms with Crippen LogP contribution in [0.4, 0.5) is 0 Å².